The first-order valence-corrected chi connectivity index (χ1v) is 9.23. The Balaban J connectivity index is 2.20. The summed E-state index contributed by atoms with van der Waals surface area (Å²) in [5.74, 6) is 0.676. The Kier molecular flexibility index (Phi) is 5.22. The molecule has 20 heavy (non-hydrogen) atoms. The Hall–Kier alpha value is -0.870. The molecule has 1 aromatic rings. The van der Waals surface area contributed by atoms with Gasteiger partial charge < -0.3 is 5.32 Å². The van der Waals surface area contributed by atoms with E-state index >= 15 is 0 Å². The maximum atomic E-state index is 12.5. The molecule has 0 heterocycles. The fourth-order valence-corrected chi connectivity index (χ4v) is 5.49. The van der Waals surface area contributed by atoms with Gasteiger partial charge in [0.25, 0.3) is 0 Å². The van der Waals surface area contributed by atoms with Gasteiger partial charge in [-0.3, -0.25) is 0 Å². The van der Waals surface area contributed by atoms with Crippen LogP contribution in [0.15, 0.2) is 30.3 Å². The second-order valence-electron chi connectivity index (χ2n) is 5.72. The van der Waals surface area contributed by atoms with E-state index in [4.69, 9.17) is 0 Å². The molecule has 0 aromatic heterocycles. The molecule has 2 rings (SSSR count). The summed E-state index contributed by atoms with van der Waals surface area (Å²) in [7, 11) is -1.12. The highest BCUT2D eigenvalue weighted by Crippen LogP contribution is 2.36. The minimum Gasteiger partial charge on any atom is -0.316 e. The number of rotatable bonds is 5. The molecule has 3 atom stereocenters. The first-order chi connectivity index (χ1) is 9.58. The Labute approximate surface area is 122 Å². The maximum absolute atomic E-state index is 12.5. The van der Waals surface area contributed by atoms with Gasteiger partial charge in [-0.2, -0.15) is 0 Å². The lowest BCUT2D eigenvalue weighted by molar-refractivity contribution is 0.356. The number of benzene rings is 1. The van der Waals surface area contributed by atoms with Crippen LogP contribution in [-0.2, 0) is 9.84 Å². The van der Waals surface area contributed by atoms with E-state index in [2.05, 4.69) is 17.4 Å². The third-order valence-electron chi connectivity index (χ3n) is 4.38. The minimum absolute atomic E-state index is 0.103. The summed E-state index contributed by atoms with van der Waals surface area (Å²) in [5, 5.41) is 2.97. The lowest BCUT2D eigenvalue weighted by Gasteiger charge is -2.36. The molecular weight excluding hydrogens is 270 g/mol. The molecule has 3 unspecified atom stereocenters. The van der Waals surface area contributed by atoms with Crippen molar-refractivity contribution in [1.82, 2.24) is 5.32 Å². The van der Waals surface area contributed by atoms with E-state index < -0.39 is 9.84 Å². The summed E-state index contributed by atoms with van der Waals surface area (Å²) in [6.45, 7) is 1.93. The second-order valence-corrected chi connectivity index (χ2v) is 8.06. The zero-order chi connectivity index (χ0) is 14.6. The highest BCUT2D eigenvalue weighted by atomic mass is 32.2. The van der Waals surface area contributed by atoms with E-state index in [0.717, 1.165) is 19.3 Å². The highest BCUT2D eigenvalue weighted by Gasteiger charge is 2.38. The lowest BCUT2D eigenvalue weighted by atomic mass is 9.81. The minimum atomic E-state index is -3.00. The standard InChI is InChI=1S/C16H25NO2S/c1-3-11-20(18,19)16-12-14(9-10-15(16)17-2)13-7-5-4-6-8-13/h4-8,14-17H,3,9-12H2,1-2H3. The number of sulfone groups is 1. The number of hydrogen-bond donors (Lipinski definition) is 1. The monoisotopic (exact) mass is 295 g/mol. The number of hydrogen-bond acceptors (Lipinski definition) is 3. The Bertz CT molecular complexity index is 513. The molecule has 1 aliphatic carbocycles. The van der Waals surface area contributed by atoms with Gasteiger partial charge in [-0.05, 0) is 44.2 Å². The summed E-state index contributed by atoms with van der Waals surface area (Å²) < 4.78 is 25.0. The van der Waals surface area contributed by atoms with Crippen LogP contribution in [0.25, 0.3) is 0 Å². The van der Waals surface area contributed by atoms with Crippen LogP contribution in [0, 0.1) is 0 Å². The summed E-state index contributed by atoms with van der Waals surface area (Å²) in [4.78, 5) is 0. The van der Waals surface area contributed by atoms with E-state index in [-0.39, 0.29) is 11.3 Å². The molecule has 0 spiro atoms. The van der Waals surface area contributed by atoms with Gasteiger partial charge in [0, 0.05) is 6.04 Å². The fraction of sp³-hybridized carbons (Fsp3) is 0.625. The first kappa shape index (κ1) is 15.5. The predicted molar refractivity (Wildman–Crippen MR) is 83.7 cm³/mol. The zero-order valence-electron chi connectivity index (χ0n) is 12.4. The molecule has 1 aliphatic rings. The number of nitrogens with one attached hydrogen (secondary N) is 1. The average Bonchev–Trinajstić information content (AvgIpc) is 2.47. The molecule has 4 heteroatoms. The molecule has 1 N–H and O–H groups in total. The van der Waals surface area contributed by atoms with Gasteiger partial charge in [0.2, 0.25) is 0 Å². The third-order valence-corrected chi connectivity index (χ3v) is 6.80. The van der Waals surface area contributed by atoms with Crippen LogP contribution in [0.5, 0.6) is 0 Å². The van der Waals surface area contributed by atoms with Crippen molar-refractivity contribution >= 4 is 9.84 Å². The van der Waals surface area contributed by atoms with Crippen LogP contribution in [0.1, 0.15) is 44.1 Å². The van der Waals surface area contributed by atoms with Crippen LogP contribution in [0.3, 0.4) is 0 Å². The Morgan fingerprint density at radius 3 is 2.50 bits per heavy atom. The summed E-state index contributed by atoms with van der Waals surface area (Å²) in [6, 6.07) is 10.4. The van der Waals surface area contributed by atoms with Crippen molar-refractivity contribution in [1.29, 1.82) is 0 Å². The van der Waals surface area contributed by atoms with Crippen LogP contribution in [0.2, 0.25) is 0 Å². The van der Waals surface area contributed by atoms with Gasteiger partial charge in [0.1, 0.15) is 0 Å². The quantitative estimate of drug-likeness (QED) is 0.908. The molecule has 0 saturated heterocycles. The van der Waals surface area contributed by atoms with Gasteiger partial charge in [-0.25, -0.2) is 8.42 Å². The molecule has 1 aromatic carbocycles. The normalized spacial score (nSPS) is 27.4. The average molecular weight is 295 g/mol. The Morgan fingerprint density at radius 1 is 1.20 bits per heavy atom. The van der Waals surface area contributed by atoms with Crippen molar-refractivity contribution in [3.8, 4) is 0 Å². The summed E-state index contributed by atoms with van der Waals surface area (Å²) in [6.07, 6.45) is 3.44. The highest BCUT2D eigenvalue weighted by molar-refractivity contribution is 7.92. The van der Waals surface area contributed by atoms with Crippen LogP contribution >= 0.6 is 0 Å². The van der Waals surface area contributed by atoms with Crippen molar-refractivity contribution < 1.29 is 8.42 Å². The molecular formula is C16H25NO2S. The fourth-order valence-electron chi connectivity index (χ4n) is 3.32. The summed E-state index contributed by atoms with van der Waals surface area (Å²) >= 11 is 0. The zero-order valence-corrected chi connectivity index (χ0v) is 13.2. The molecule has 112 valence electrons. The lowest BCUT2D eigenvalue weighted by Crippen LogP contribution is -2.47. The van der Waals surface area contributed by atoms with Gasteiger partial charge in [-0.15, -0.1) is 0 Å². The van der Waals surface area contributed by atoms with Crippen molar-refractivity contribution in [2.45, 2.75) is 49.8 Å². The van der Waals surface area contributed by atoms with Gasteiger partial charge >= 0.3 is 0 Å². The maximum Gasteiger partial charge on any atom is 0.154 e. The van der Waals surface area contributed by atoms with E-state index in [1.165, 1.54) is 5.56 Å². The first-order valence-electron chi connectivity index (χ1n) is 7.52. The van der Waals surface area contributed by atoms with Crippen molar-refractivity contribution in [3.05, 3.63) is 35.9 Å². The SMILES string of the molecule is CCCS(=O)(=O)C1CC(c2ccccc2)CCC1NC. The van der Waals surface area contributed by atoms with E-state index in [0.29, 0.717) is 18.1 Å². The third kappa shape index (κ3) is 3.41. The second kappa shape index (κ2) is 6.72. The molecule has 0 radical (unpaired) electrons. The largest absolute Gasteiger partial charge is 0.316 e. The van der Waals surface area contributed by atoms with Crippen LogP contribution < -0.4 is 5.32 Å². The molecule has 1 saturated carbocycles. The van der Waals surface area contributed by atoms with Crippen molar-refractivity contribution in [2.75, 3.05) is 12.8 Å². The van der Waals surface area contributed by atoms with Crippen LogP contribution in [-0.4, -0.2) is 32.5 Å². The van der Waals surface area contributed by atoms with Crippen molar-refractivity contribution in [3.63, 3.8) is 0 Å². The predicted octanol–water partition coefficient (Wildman–Crippen LogP) is 2.74. The molecule has 1 fully saturated rings. The van der Waals surface area contributed by atoms with E-state index in [1.807, 2.05) is 32.2 Å². The summed E-state index contributed by atoms with van der Waals surface area (Å²) in [5.41, 5.74) is 1.28. The molecule has 0 aliphatic heterocycles. The van der Waals surface area contributed by atoms with E-state index in [9.17, 15) is 8.42 Å². The van der Waals surface area contributed by atoms with Gasteiger partial charge in [0.15, 0.2) is 9.84 Å². The van der Waals surface area contributed by atoms with Gasteiger partial charge in [-0.1, -0.05) is 37.3 Å². The molecule has 3 nitrogen and oxygen atoms in total. The smallest absolute Gasteiger partial charge is 0.154 e. The van der Waals surface area contributed by atoms with Gasteiger partial charge in [0.05, 0.1) is 11.0 Å². The molecule has 0 amide bonds. The topological polar surface area (TPSA) is 46.2 Å². The Morgan fingerprint density at radius 2 is 1.90 bits per heavy atom. The van der Waals surface area contributed by atoms with E-state index in [1.54, 1.807) is 0 Å². The van der Waals surface area contributed by atoms with Crippen molar-refractivity contribution in [2.24, 2.45) is 0 Å². The van der Waals surface area contributed by atoms with Crippen LogP contribution in [0.4, 0.5) is 0 Å². The molecule has 0 bridgehead atoms.